The molecule has 13 nitrogen and oxygen atoms in total. The predicted molar refractivity (Wildman–Crippen MR) is 206 cm³/mol. The Bertz CT molecular complexity index is 1700. The lowest BCUT2D eigenvalue weighted by molar-refractivity contribution is -0.204. The summed E-state index contributed by atoms with van der Waals surface area (Å²) in [6, 6.07) is 12.3. The van der Waals surface area contributed by atoms with E-state index in [1.165, 1.54) is 87.9 Å². The Morgan fingerprint density at radius 2 is 1.56 bits per heavy atom. The van der Waals surface area contributed by atoms with E-state index in [4.69, 9.17) is 49.9 Å². The van der Waals surface area contributed by atoms with Crippen LogP contribution in [0.25, 0.3) is 5.52 Å². The molecule has 5 atom stereocenters. The Hall–Kier alpha value is -2.79. The van der Waals surface area contributed by atoms with Gasteiger partial charge in [0.25, 0.3) is 0 Å². The molecule has 2 fully saturated rings. The highest BCUT2D eigenvalue weighted by Gasteiger charge is 2.65. The average Bonchev–Trinajstić information content (AvgIpc) is 3.82. The summed E-state index contributed by atoms with van der Waals surface area (Å²) in [7, 11) is -4.30. The zero-order valence-electron chi connectivity index (χ0n) is 32.0. The number of hydrogen-bond acceptors (Lipinski definition) is 12. The van der Waals surface area contributed by atoms with Gasteiger partial charge in [-0.2, -0.15) is 10.4 Å². The summed E-state index contributed by atoms with van der Waals surface area (Å²) in [6.07, 6.45) is 16.7. The van der Waals surface area contributed by atoms with Crippen molar-refractivity contribution in [3.63, 3.8) is 0 Å². The van der Waals surface area contributed by atoms with Crippen LogP contribution in [0, 0.1) is 11.3 Å². The quantitative estimate of drug-likeness (QED) is 0.0641. The Balaban J connectivity index is 1.11. The fraction of sp³-hybridized carbons (Fsp3) is 0.667. The molecule has 2 saturated heterocycles. The zero-order valence-corrected chi connectivity index (χ0v) is 33.6. The normalized spacial score (nSPS) is 23.0. The predicted octanol–water partition coefficient (Wildman–Crippen LogP) is 9.32. The second-order valence-electron chi connectivity index (χ2n) is 14.5. The SMILES string of the molecule is CCCCCCCCCCCCCCCCOCCOP(=O)(OC[C@H]1O[C@@](C#N)(c2ccc3c(N)ncnn23)[C@@H]2OC(C)(C)O[C@@H]21)Oc1ccccc1Cl. The molecule has 1 aromatic carbocycles. The van der Waals surface area contributed by atoms with Crippen molar-refractivity contribution >= 4 is 30.8 Å². The number of unbranched alkanes of at least 4 members (excludes halogenated alkanes) is 13. The molecular formula is C39H57ClN5O8P. The monoisotopic (exact) mass is 789 g/mol. The number of nitrogen functional groups attached to an aromatic ring is 1. The van der Waals surface area contributed by atoms with E-state index in [-0.39, 0.29) is 36.4 Å². The second kappa shape index (κ2) is 20.4. The number of para-hydroxylation sites is 1. The van der Waals surface area contributed by atoms with E-state index >= 15 is 0 Å². The van der Waals surface area contributed by atoms with Gasteiger partial charge < -0.3 is 29.2 Å². The van der Waals surface area contributed by atoms with Crippen LogP contribution >= 0.6 is 19.4 Å². The minimum Gasteiger partial charge on any atom is -0.402 e. The number of anilines is 1. The van der Waals surface area contributed by atoms with E-state index in [2.05, 4.69) is 23.1 Å². The lowest BCUT2D eigenvalue weighted by Gasteiger charge is -2.29. The number of nitriles is 1. The highest BCUT2D eigenvalue weighted by atomic mass is 35.5. The Morgan fingerprint density at radius 1 is 0.889 bits per heavy atom. The van der Waals surface area contributed by atoms with Crippen molar-refractivity contribution in [2.24, 2.45) is 0 Å². The number of phosphoric ester groups is 1. The molecule has 54 heavy (non-hydrogen) atoms. The summed E-state index contributed by atoms with van der Waals surface area (Å²) < 4.78 is 57.8. The van der Waals surface area contributed by atoms with Gasteiger partial charge in [-0.15, -0.1) is 0 Å². The first-order valence-electron chi connectivity index (χ1n) is 19.6. The largest absolute Gasteiger partial charge is 0.530 e. The lowest BCUT2D eigenvalue weighted by Crippen LogP contribution is -2.40. The Kier molecular flexibility index (Phi) is 16.0. The van der Waals surface area contributed by atoms with Crippen LogP contribution in [0.2, 0.25) is 5.02 Å². The van der Waals surface area contributed by atoms with Crippen LogP contribution in [0.1, 0.15) is 116 Å². The molecular weight excluding hydrogens is 733 g/mol. The Labute approximate surface area is 324 Å². The van der Waals surface area contributed by atoms with Gasteiger partial charge in [0.15, 0.2) is 11.6 Å². The van der Waals surface area contributed by atoms with Gasteiger partial charge in [0.1, 0.15) is 42.0 Å². The first-order valence-corrected chi connectivity index (χ1v) is 21.4. The molecule has 15 heteroatoms. The first-order chi connectivity index (χ1) is 26.1. The van der Waals surface area contributed by atoms with Crippen LogP contribution in [-0.4, -0.2) is 65.1 Å². The molecule has 2 aliphatic heterocycles. The highest BCUT2D eigenvalue weighted by molar-refractivity contribution is 7.48. The van der Waals surface area contributed by atoms with Crippen LogP contribution in [-0.2, 0) is 38.2 Å². The van der Waals surface area contributed by atoms with Gasteiger partial charge in [-0.3, -0.25) is 9.05 Å². The molecule has 4 heterocycles. The van der Waals surface area contributed by atoms with Crippen LogP contribution in [0.15, 0.2) is 42.7 Å². The fourth-order valence-corrected chi connectivity index (χ4v) is 8.50. The Morgan fingerprint density at radius 3 is 2.22 bits per heavy atom. The molecule has 5 rings (SSSR count). The van der Waals surface area contributed by atoms with Crippen molar-refractivity contribution in [1.82, 2.24) is 14.6 Å². The van der Waals surface area contributed by atoms with Gasteiger partial charge in [0, 0.05) is 6.61 Å². The number of phosphoric acid groups is 1. The molecule has 3 aromatic rings. The highest BCUT2D eigenvalue weighted by Crippen LogP contribution is 2.54. The number of aromatic nitrogens is 3. The maximum absolute atomic E-state index is 14.1. The van der Waals surface area contributed by atoms with Crippen LogP contribution in [0.4, 0.5) is 5.82 Å². The standard InChI is InChI=1S/C39H57ClN5O8P/c1-4-5-6-7-8-9-10-11-12-13-14-15-16-19-24-47-25-26-48-54(46,53-32-21-18-17-20-30(32)40)49-27-33-35-36(52-38(2,3)51-35)39(28-41,50-33)34-23-22-31-37(42)43-29-44-45(31)34/h17-18,20-23,29,33,35-36H,4-16,19,24-27H2,1-3H3,(H2,42,43,44)/t33-,35-,36-,39+,54?/m1/s1. The molecule has 0 bridgehead atoms. The van der Waals surface area contributed by atoms with Gasteiger partial charge in [-0.1, -0.05) is 114 Å². The number of ether oxygens (including phenoxy) is 4. The molecule has 1 unspecified atom stereocenters. The summed E-state index contributed by atoms with van der Waals surface area (Å²) in [6.45, 7) is 6.14. The van der Waals surface area contributed by atoms with E-state index in [1.54, 1.807) is 50.2 Å². The molecule has 2 aromatic heterocycles. The van der Waals surface area contributed by atoms with E-state index < -0.39 is 37.5 Å². The minimum atomic E-state index is -4.30. The van der Waals surface area contributed by atoms with Crippen LogP contribution in [0.5, 0.6) is 5.75 Å². The number of benzene rings is 1. The van der Waals surface area contributed by atoms with E-state index in [0.717, 1.165) is 12.8 Å². The summed E-state index contributed by atoms with van der Waals surface area (Å²) in [5, 5.41) is 15.2. The molecule has 2 N–H and O–H groups in total. The summed E-state index contributed by atoms with van der Waals surface area (Å²) in [4.78, 5) is 4.04. The molecule has 0 aliphatic carbocycles. The number of nitrogens with two attached hydrogens (primary N) is 1. The maximum Gasteiger partial charge on any atom is 0.530 e. The molecule has 0 saturated carbocycles. The maximum atomic E-state index is 14.1. The molecule has 298 valence electrons. The van der Waals surface area contributed by atoms with Crippen LogP contribution < -0.4 is 10.3 Å². The fourth-order valence-electron chi connectivity index (χ4n) is 7.07. The van der Waals surface area contributed by atoms with Crippen molar-refractivity contribution in [1.29, 1.82) is 5.26 Å². The summed E-state index contributed by atoms with van der Waals surface area (Å²) >= 11 is 6.34. The number of rotatable bonds is 25. The van der Waals surface area contributed by atoms with E-state index in [9.17, 15) is 9.83 Å². The molecule has 2 aliphatic rings. The van der Waals surface area contributed by atoms with Gasteiger partial charge in [0.05, 0.1) is 30.5 Å². The van der Waals surface area contributed by atoms with Crippen molar-refractivity contribution in [2.75, 3.05) is 32.2 Å². The number of hydrogen-bond donors (Lipinski definition) is 1. The zero-order chi connectivity index (χ0) is 38.4. The summed E-state index contributed by atoms with van der Waals surface area (Å²) in [5.41, 5.74) is 5.26. The number of fused-ring (bicyclic) bond motifs is 2. The molecule has 0 amide bonds. The van der Waals surface area contributed by atoms with Gasteiger partial charge in [-0.25, -0.2) is 14.1 Å². The first kappa shape index (κ1) is 42.4. The van der Waals surface area contributed by atoms with E-state index in [1.807, 2.05) is 0 Å². The third kappa shape index (κ3) is 11.2. The average molecular weight is 790 g/mol. The third-order valence-corrected chi connectivity index (χ3v) is 11.5. The molecule has 0 radical (unpaired) electrons. The second-order valence-corrected chi connectivity index (χ2v) is 16.5. The van der Waals surface area contributed by atoms with Gasteiger partial charge in [0.2, 0.25) is 5.60 Å². The van der Waals surface area contributed by atoms with Crippen LogP contribution in [0.3, 0.4) is 0 Å². The smallest absolute Gasteiger partial charge is 0.402 e. The van der Waals surface area contributed by atoms with Gasteiger partial charge in [-0.05, 0) is 44.5 Å². The topological polar surface area (TPSA) is 162 Å². The number of halogens is 1. The number of nitrogens with zero attached hydrogens (tertiary/aromatic N) is 4. The molecule has 0 spiro atoms. The van der Waals surface area contributed by atoms with Crippen molar-refractivity contribution in [3.05, 3.63) is 53.4 Å². The lowest BCUT2D eigenvalue weighted by atomic mass is 9.92. The van der Waals surface area contributed by atoms with Crippen molar-refractivity contribution in [2.45, 2.75) is 140 Å². The summed E-state index contributed by atoms with van der Waals surface area (Å²) in [5.74, 6) is -0.694. The van der Waals surface area contributed by atoms with E-state index in [0.29, 0.717) is 17.8 Å². The van der Waals surface area contributed by atoms with Gasteiger partial charge >= 0.3 is 7.82 Å². The van der Waals surface area contributed by atoms with Crippen molar-refractivity contribution < 1.29 is 37.1 Å². The minimum absolute atomic E-state index is 0.0516. The third-order valence-electron chi connectivity index (χ3n) is 9.82. The van der Waals surface area contributed by atoms with Crippen molar-refractivity contribution in [3.8, 4) is 11.8 Å².